The molecule has 7 nitrogen and oxygen atoms in total. The van der Waals surface area contributed by atoms with Gasteiger partial charge in [-0.3, -0.25) is 0 Å². The number of nitriles is 1. The summed E-state index contributed by atoms with van der Waals surface area (Å²) in [5.41, 5.74) is 3.50. The van der Waals surface area contributed by atoms with Crippen molar-refractivity contribution < 1.29 is 9.50 Å². The largest absolute Gasteiger partial charge is 0.394 e. The van der Waals surface area contributed by atoms with Gasteiger partial charge in [0.25, 0.3) is 0 Å². The number of hydrogen-bond donors (Lipinski definition) is 1. The molecule has 8 heteroatoms. The number of halogens is 1. The fourth-order valence-electron chi connectivity index (χ4n) is 3.20. The van der Waals surface area contributed by atoms with Gasteiger partial charge in [-0.1, -0.05) is 6.92 Å². The van der Waals surface area contributed by atoms with Gasteiger partial charge in [0, 0.05) is 5.56 Å². The van der Waals surface area contributed by atoms with Crippen LogP contribution in [0.15, 0.2) is 48.9 Å². The van der Waals surface area contributed by atoms with Crippen molar-refractivity contribution in [1.29, 1.82) is 5.26 Å². The third kappa shape index (κ3) is 2.92. The molecule has 0 saturated carbocycles. The van der Waals surface area contributed by atoms with Crippen molar-refractivity contribution in [2.45, 2.75) is 19.4 Å². The van der Waals surface area contributed by atoms with Gasteiger partial charge in [0.15, 0.2) is 11.3 Å². The second-order valence-corrected chi connectivity index (χ2v) is 6.34. The Morgan fingerprint density at radius 1 is 1.18 bits per heavy atom. The highest BCUT2D eigenvalue weighted by atomic mass is 19.1. The number of imidazole rings is 2. The molecule has 4 rings (SSSR count). The highest BCUT2D eigenvalue weighted by molar-refractivity contribution is 5.77. The maximum absolute atomic E-state index is 13.4. The Kier molecular flexibility index (Phi) is 4.59. The summed E-state index contributed by atoms with van der Waals surface area (Å²) >= 11 is 0. The van der Waals surface area contributed by atoms with E-state index >= 15 is 0 Å². The lowest BCUT2D eigenvalue weighted by Gasteiger charge is -2.17. The quantitative estimate of drug-likeness (QED) is 0.577. The van der Waals surface area contributed by atoms with Crippen LogP contribution < -0.4 is 0 Å². The van der Waals surface area contributed by atoms with Gasteiger partial charge >= 0.3 is 0 Å². The first kappa shape index (κ1) is 17.8. The van der Waals surface area contributed by atoms with E-state index in [4.69, 9.17) is 0 Å². The second kappa shape index (κ2) is 7.21. The third-order valence-corrected chi connectivity index (χ3v) is 4.71. The predicted molar refractivity (Wildman–Crippen MR) is 101 cm³/mol. The summed E-state index contributed by atoms with van der Waals surface area (Å²) in [6.07, 6.45) is 3.82. The van der Waals surface area contributed by atoms with E-state index in [0.717, 1.165) is 5.56 Å². The Bertz CT molecular complexity index is 1170. The van der Waals surface area contributed by atoms with E-state index in [1.807, 2.05) is 11.5 Å². The van der Waals surface area contributed by atoms with E-state index in [1.165, 1.54) is 22.8 Å². The average Bonchev–Trinajstić information content (AvgIpc) is 3.33. The van der Waals surface area contributed by atoms with Crippen molar-refractivity contribution in [3.8, 4) is 28.7 Å². The normalized spacial score (nSPS) is 12.2. The van der Waals surface area contributed by atoms with Crippen molar-refractivity contribution in [3.05, 3.63) is 60.4 Å². The lowest BCUT2D eigenvalue weighted by Crippen LogP contribution is -2.13. The van der Waals surface area contributed by atoms with Crippen molar-refractivity contribution in [1.82, 2.24) is 24.1 Å². The lowest BCUT2D eigenvalue weighted by atomic mass is 10.1. The van der Waals surface area contributed by atoms with Crippen LogP contribution in [0.25, 0.3) is 28.3 Å². The number of hydrogen-bond acceptors (Lipinski definition) is 5. The van der Waals surface area contributed by atoms with Crippen LogP contribution in [-0.2, 0) is 0 Å². The summed E-state index contributed by atoms with van der Waals surface area (Å²) in [6.45, 7) is 1.92. The van der Waals surface area contributed by atoms with Gasteiger partial charge in [-0.15, -0.1) is 0 Å². The zero-order valence-electron chi connectivity index (χ0n) is 15.1. The Hall–Kier alpha value is -3.57. The molecule has 0 aliphatic rings. The van der Waals surface area contributed by atoms with Gasteiger partial charge in [-0.2, -0.15) is 10.4 Å². The summed E-state index contributed by atoms with van der Waals surface area (Å²) in [7, 11) is 0. The van der Waals surface area contributed by atoms with Crippen LogP contribution in [0.4, 0.5) is 4.39 Å². The number of nitrogens with zero attached hydrogens (tertiary/aromatic N) is 6. The van der Waals surface area contributed by atoms with Crippen LogP contribution in [0.5, 0.6) is 0 Å². The fraction of sp³-hybridized carbons (Fsp3) is 0.200. The summed E-state index contributed by atoms with van der Waals surface area (Å²) in [5, 5.41) is 23.7. The molecule has 0 bridgehead atoms. The van der Waals surface area contributed by atoms with Crippen molar-refractivity contribution in [2.24, 2.45) is 0 Å². The van der Waals surface area contributed by atoms with Crippen LogP contribution in [-0.4, -0.2) is 35.9 Å². The summed E-state index contributed by atoms with van der Waals surface area (Å²) in [4.78, 5) is 8.69. The molecule has 3 aromatic heterocycles. The van der Waals surface area contributed by atoms with Gasteiger partial charge < -0.3 is 9.67 Å². The Morgan fingerprint density at radius 3 is 2.64 bits per heavy atom. The molecule has 0 fully saturated rings. The number of rotatable bonds is 5. The Balaban J connectivity index is 1.96. The lowest BCUT2D eigenvalue weighted by molar-refractivity contribution is 0.225. The SMILES string of the molecule is CCC(CO)n1cnc(-c2ccc(F)cc2)c1-c1ccc2ncc(C#N)n2n1. The first-order valence-corrected chi connectivity index (χ1v) is 8.85. The van der Waals surface area contributed by atoms with Gasteiger partial charge in [-0.25, -0.2) is 18.9 Å². The summed E-state index contributed by atoms with van der Waals surface area (Å²) < 4.78 is 16.7. The van der Waals surface area contributed by atoms with E-state index in [0.29, 0.717) is 34.8 Å². The van der Waals surface area contributed by atoms with Crippen molar-refractivity contribution in [3.63, 3.8) is 0 Å². The molecule has 4 aromatic rings. The van der Waals surface area contributed by atoms with E-state index in [-0.39, 0.29) is 18.5 Å². The molecular formula is C20H17FN6O. The van der Waals surface area contributed by atoms with E-state index in [2.05, 4.69) is 21.1 Å². The van der Waals surface area contributed by atoms with Crippen LogP contribution in [0.3, 0.4) is 0 Å². The summed E-state index contributed by atoms with van der Waals surface area (Å²) in [6, 6.07) is 11.5. The van der Waals surface area contributed by atoms with Gasteiger partial charge in [0.2, 0.25) is 0 Å². The molecule has 0 radical (unpaired) electrons. The standard InChI is InChI=1S/C20H17FN6O/c1-2-15(11-28)26-12-24-19(13-3-5-14(21)6-4-13)20(26)17-7-8-18-23-10-16(9-22)27(18)25-17/h3-8,10,12,15,28H,2,11H2,1H3. The second-order valence-electron chi connectivity index (χ2n) is 6.34. The zero-order valence-corrected chi connectivity index (χ0v) is 15.1. The molecule has 1 aromatic carbocycles. The number of aromatic nitrogens is 5. The Morgan fingerprint density at radius 2 is 1.96 bits per heavy atom. The average molecular weight is 376 g/mol. The molecular weight excluding hydrogens is 359 g/mol. The van der Waals surface area contributed by atoms with Gasteiger partial charge in [-0.05, 0) is 42.8 Å². The first-order valence-electron chi connectivity index (χ1n) is 8.85. The molecule has 0 spiro atoms. The zero-order chi connectivity index (χ0) is 19.7. The number of benzene rings is 1. The van der Waals surface area contributed by atoms with Gasteiger partial charge in [0.1, 0.15) is 17.6 Å². The maximum Gasteiger partial charge on any atom is 0.162 e. The molecule has 140 valence electrons. The minimum absolute atomic E-state index is 0.0561. The van der Waals surface area contributed by atoms with Crippen LogP contribution >= 0.6 is 0 Å². The first-order chi connectivity index (χ1) is 13.7. The molecule has 0 saturated heterocycles. The molecule has 28 heavy (non-hydrogen) atoms. The molecule has 1 N–H and O–H groups in total. The maximum atomic E-state index is 13.4. The minimum atomic E-state index is -0.330. The molecule has 3 heterocycles. The minimum Gasteiger partial charge on any atom is -0.394 e. The van der Waals surface area contributed by atoms with Crippen LogP contribution in [0.1, 0.15) is 25.1 Å². The number of fused-ring (bicyclic) bond motifs is 1. The fourth-order valence-corrected chi connectivity index (χ4v) is 3.20. The van der Waals surface area contributed by atoms with E-state index in [9.17, 15) is 14.8 Å². The van der Waals surface area contributed by atoms with Crippen LogP contribution in [0, 0.1) is 17.1 Å². The third-order valence-electron chi connectivity index (χ3n) is 4.71. The molecule has 1 unspecified atom stereocenters. The smallest absolute Gasteiger partial charge is 0.162 e. The van der Waals surface area contributed by atoms with Crippen molar-refractivity contribution in [2.75, 3.05) is 6.61 Å². The molecule has 0 aliphatic carbocycles. The van der Waals surface area contributed by atoms with Crippen molar-refractivity contribution >= 4 is 5.65 Å². The predicted octanol–water partition coefficient (Wildman–Crippen LogP) is 3.21. The summed E-state index contributed by atoms with van der Waals surface area (Å²) in [5.74, 6) is -0.330. The Labute approximate surface area is 160 Å². The van der Waals surface area contributed by atoms with Gasteiger partial charge in [0.05, 0.1) is 36.6 Å². The molecule has 1 atom stereocenters. The number of aliphatic hydroxyl groups is 1. The molecule has 0 amide bonds. The van der Waals surface area contributed by atoms with E-state index in [1.54, 1.807) is 30.6 Å². The van der Waals surface area contributed by atoms with E-state index < -0.39 is 0 Å². The van der Waals surface area contributed by atoms with Crippen LogP contribution in [0.2, 0.25) is 0 Å². The monoisotopic (exact) mass is 376 g/mol. The highest BCUT2D eigenvalue weighted by Crippen LogP contribution is 2.33. The number of aliphatic hydroxyl groups excluding tert-OH is 1. The molecule has 0 aliphatic heterocycles. The topological polar surface area (TPSA) is 92.0 Å². The highest BCUT2D eigenvalue weighted by Gasteiger charge is 2.21.